The van der Waals surface area contributed by atoms with Gasteiger partial charge in [-0.25, -0.2) is 0 Å². The van der Waals surface area contributed by atoms with Gasteiger partial charge in [-0.15, -0.1) is 0 Å². The minimum atomic E-state index is 1.37. The third-order valence-electron chi connectivity index (χ3n) is 7.16. The zero-order valence-electron chi connectivity index (χ0n) is 46.5. The number of unbranched alkanes of at least 4 members (excludes halogenated alkanes) is 27. The van der Waals surface area contributed by atoms with Gasteiger partial charge in [0.1, 0.15) is 0 Å². The smallest absolute Gasteiger partial charge is 0.0533 e. The van der Waals surface area contributed by atoms with Crippen LogP contribution >= 0.6 is 0 Å². The summed E-state index contributed by atoms with van der Waals surface area (Å²) < 4.78 is 0. The molecular weight excluding hydrogens is 661 g/mol. The maximum Gasteiger partial charge on any atom is -0.0533 e. The van der Waals surface area contributed by atoms with E-state index in [1.807, 2.05) is 152 Å². The monoisotopic (exact) mass is 797 g/mol. The molecule has 0 amide bonds. The Labute approximate surface area is 365 Å². The number of hydrogen-bond acceptors (Lipinski definition) is 0. The minimum Gasteiger partial charge on any atom is -0.0683 e. The molecule has 0 spiro atoms. The summed E-state index contributed by atoms with van der Waals surface area (Å²) in [5, 5.41) is 0. The fourth-order valence-electron chi connectivity index (χ4n) is 4.71. The standard InChI is InChI=1S/C17H36.C16H34.11C2H6/c1-3-5-7-9-11-13-15-17-16-14-12-10-8-6-4-2;1-3-5-7-9-11-13-15-16-14-12-10-8-6-4-2;11*1-2/h3-17H2,1-2H3;3-16H2,1-2H3;11*1-2H3. The van der Waals surface area contributed by atoms with Gasteiger partial charge in [-0.05, 0) is 0 Å². The Hall–Kier alpha value is 0. The van der Waals surface area contributed by atoms with Gasteiger partial charge in [-0.3, -0.25) is 0 Å². The summed E-state index contributed by atoms with van der Waals surface area (Å²) in [6.07, 6.45) is 42.3. The molecule has 0 nitrogen and oxygen atoms in total. The van der Waals surface area contributed by atoms with Crippen molar-refractivity contribution in [3.8, 4) is 0 Å². The van der Waals surface area contributed by atoms with Gasteiger partial charge < -0.3 is 0 Å². The van der Waals surface area contributed by atoms with Gasteiger partial charge in [0.25, 0.3) is 0 Å². The van der Waals surface area contributed by atoms with E-state index in [1.54, 1.807) is 0 Å². The summed E-state index contributed by atoms with van der Waals surface area (Å²) in [5.41, 5.74) is 0. The van der Waals surface area contributed by atoms with Crippen LogP contribution < -0.4 is 0 Å². The summed E-state index contributed by atoms with van der Waals surface area (Å²) in [6.45, 7) is 53.2. The highest BCUT2D eigenvalue weighted by molar-refractivity contribution is 4.50. The Morgan fingerprint density at radius 3 is 0.218 bits per heavy atom. The Morgan fingerprint density at radius 1 is 0.109 bits per heavy atom. The van der Waals surface area contributed by atoms with Gasteiger partial charge in [0.2, 0.25) is 0 Å². The van der Waals surface area contributed by atoms with E-state index in [2.05, 4.69) is 27.7 Å². The number of rotatable bonds is 27. The molecule has 0 fully saturated rings. The van der Waals surface area contributed by atoms with Gasteiger partial charge in [0.05, 0.1) is 0 Å². The summed E-state index contributed by atoms with van der Waals surface area (Å²) in [4.78, 5) is 0. The highest BCUT2D eigenvalue weighted by atomic mass is 14.0. The van der Waals surface area contributed by atoms with Crippen molar-refractivity contribution in [3.63, 3.8) is 0 Å². The van der Waals surface area contributed by atoms with E-state index in [-0.39, 0.29) is 0 Å². The van der Waals surface area contributed by atoms with Gasteiger partial charge in [0.15, 0.2) is 0 Å². The van der Waals surface area contributed by atoms with Crippen LogP contribution in [0.2, 0.25) is 0 Å². The highest BCUT2D eigenvalue weighted by Gasteiger charge is 1.94. The summed E-state index contributed by atoms with van der Waals surface area (Å²) >= 11 is 0. The van der Waals surface area contributed by atoms with E-state index in [4.69, 9.17) is 0 Å². The molecule has 0 N–H and O–H groups in total. The maximum atomic E-state index is 2.29. The normalized spacial score (nSPS) is 7.75. The lowest BCUT2D eigenvalue weighted by Gasteiger charge is -2.02. The maximum absolute atomic E-state index is 2.29. The summed E-state index contributed by atoms with van der Waals surface area (Å²) in [6, 6.07) is 0. The number of hydrogen-bond donors (Lipinski definition) is 0. The van der Waals surface area contributed by atoms with Crippen molar-refractivity contribution >= 4 is 0 Å². The molecule has 0 atom stereocenters. The second-order valence-electron chi connectivity index (χ2n) is 10.8. The van der Waals surface area contributed by atoms with Gasteiger partial charge in [-0.1, -0.05) is 366 Å². The van der Waals surface area contributed by atoms with Crippen LogP contribution in [0.1, 0.15) is 366 Å². The van der Waals surface area contributed by atoms with Crippen LogP contribution in [-0.4, -0.2) is 0 Å². The van der Waals surface area contributed by atoms with E-state index in [0.29, 0.717) is 0 Å². The molecule has 0 saturated heterocycles. The highest BCUT2D eigenvalue weighted by Crippen LogP contribution is 2.14. The lowest BCUT2D eigenvalue weighted by atomic mass is 10.0. The lowest BCUT2D eigenvalue weighted by Crippen LogP contribution is -1.82. The second kappa shape index (κ2) is 180. The average Bonchev–Trinajstić information content (AvgIpc) is 3.30. The Balaban J connectivity index is -0.0000000387. The van der Waals surface area contributed by atoms with Gasteiger partial charge in [-0.2, -0.15) is 0 Å². The van der Waals surface area contributed by atoms with E-state index in [9.17, 15) is 0 Å². The first-order valence-electron chi connectivity index (χ1n) is 27.3. The van der Waals surface area contributed by atoms with Crippen LogP contribution in [0.5, 0.6) is 0 Å². The van der Waals surface area contributed by atoms with Crippen LogP contribution in [0.4, 0.5) is 0 Å². The molecule has 0 unspecified atom stereocenters. The van der Waals surface area contributed by atoms with E-state index in [0.717, 1.165) is 0 Å². The van der Waals surface area contributed by atoms with Crippen molar-refractivity contribution in [1.82, 2.24) is 0 Å². The van der Waals surface area contributed by atoms with Crippen molar-refractivity contribution in [3.05, 3.63) is 0 Å². The largest absolute Gasteiger partial charge is 0.0683 e. The third-order valence-corrected chi connectivity index (χ3v) is 7.16. The SMILES string of the molecule is CC.CC.CC.CC.CC.CC.CC.CC.CC.CC.CC.CCCCCCCCCCCCCCCC.CCCCCCCCCCCCCCCCC. The molecule has 0 heterocycles. The quantitative estimate of drug-likeness (QED) is 0.0727. The molecule has 0 aromatic rings. The molecule has 0 rings (SSSR count). The van der Waals surface area contributed by atoms with Crippen LogP contribution in [0, 0.1) is 0 Å². The minimum absolute atomic E-state index is 1.37. The molecule has 0 aliphatic heterocycles. The summed E-state index contributed by atoms with van der Waals surface area (Å²) in [5.74, 6) is 0. The molecule has 0 aromatic heterocycles. The zero-order chi connectivity index (χ0) is 46.5. The average molecular weight is 798 g/mol. The molecule has 0 aliphatic rings. The molecule has 0 radical (unpaired) electrons. The van der Waals surface area contributed by atoms with Crippen molar-refractivity contribution in [1.29, 1.82) is 0 Å². The molecular formula is C55H136. The first-order valence-corrected chi connectivity index (χ1v) is 27.3. The molecule has 0 aliphatic carbocycles. The molecule has 0 heteroatoms. The molecule has 0 bridgehead atoms. The molecule has 0 saturated carbocycles. The first kappa shape index (κ1) is 90.9. The lowest BCUT2D eigenvalue weighted by molar-refractivity contribution is 0.534. The van der Waals surface area contributed by atoms with Crippen molar-refractivity contribution in [2.45, 2.75) is 366 Å². The Bertz CT molecular complexity index is 254. The van der Waals surface area contributed by atoms with Crippen molar-refractivity contribution in [2.75, 3.05) is 0 Å². The zero-order valence-corrected chi connectivity index (χ0v) is 46.5. The molecule has 0 aromatic carbocycles. The third kappa shape index (κ3) is 200. The molecule has 55 heavy (non-hydrogen) atoms. The topological polar surface area (TPSA) is 0 Å². The van der Waals surface area contributed by atoms with Gasteiger partial charge in [0, 0.05) is 0 Å². The summed E-state index contributed by atoms with van der Waals surface area (Å²) in [7, 11) is 0. The van der Waals surface area contributed by atoms with Gasteiger partial charge >= 0.3 is 0 Å². The molecule has 356 valence electrons. The van der Waals surface area contributed by atoms with Crippen LogP contribution in [0.15, 0.2) is 0 Å². The Kier molecular flexibility index (Phi) is 298. The fraction of sp³-hybridized carbons (Fsp3) is 1.00. The first-order chi connectivity index (χ1) is 27.3. The fourth-order valence-corrected chi connectivity index (χ4v) is 4.71. The second-order valence-corrected chi connectivity index (χ2v) is 10.8. The van der Waals surface area contributed by atoms with Crippen molar-refractivity contribution in [2.24, 2.45) is 0 Å². The predicted molar refractivity (Wildman–Crippen MR) is 281 cm³/mol. The van der Waals surface area contributed by atoms with E-state index >= 15 is 0 Å². The van der Waals surface area contributed by atoms with Crippen LogP contribution in [-0.2, 0) is 0 Å². The van der Waals surface area contributed by atoms with E-state index in [1.165, 1.54) is 186 Å². The van der Waals surface area contributed by atoms with E-state index < -0.39 is 0 Å². The predicted octanol–water partition coefficient (Wildman–Crippen LogP) is 24.7. The van der Waals surface area contributed by atoms with Crippen LogP contribution in [0.3, 0.4) is 0 Å². The van der Waals surface area contributed by atoms with Crippen molar-refractivity contribution < 1.29 is 0 Å². The van der Waals surface area contributed by atoms with Crippen LogP contribution in [0.25, 0.3) is 0 Å². The Morgan fingerprint density at radius 2 is 0.164 bits per heavy atom.